The summed E-state index contributed by atoms with van der Waals surface area (Å²) in [4.78, 5) is 2.16. The molecule has 96 valence electrons. The number of nitrogens with zero attached hydrogens (tertiary/aromatic N) is 1. The van der Waals surface area contributed by atoms with Gasteiger partial charge in [-0.1, -0.05) is 42.6 Å². The Labute approximate surface area is 112 Å². The monoisotopic (exact) mass is 301 g/mol. The van der Waals surface area contributed by atoms with E-state index in [9.17, 15) is 4.39 Å². The maximum absolute atomic E-state index is 13.9. The second-order valence-corrected chi connectivity index (χ2v) is 5.21. The highest BCUT2D eigenvalue weighted by atomic mass is 79.9. The highest BCUT2D eigenvalue weighted by Crippen LogP contribution is 2.23. The van der Waals surface area contributed by atoms with Gasteiger partial charge in [0.2, 0.25) is 0 Å². The molecule has 0 bridgehead atoms. The fraction of sp³-hybridized carbons (Fsp3) is 0.571. The van der Waals surface area contributed by atoms with E-state index in [2.05, 4.69) is 34.7 Å². The molecule has 0 spiro atoms. The molecule has 1 aromatic rings. The van der Waals surface area contributed by atoms with E-state index in [0.29, 0.717) is 0 Å². The molecule has 0 aliphatic rings. The molecular formula is C14H21BrFN. The molecule has 0 aromatic heterocycles. The summed E-state index contributed by atoms with van der Waals surface area (Å²) in [6.45, 7) is 6.20. The topological polar surface area (TPSA) is 3.24 Å². The van der Waals surface area contributed by atoms with E-state index in [4.69, 9.17) is 0 Å². The smallest absolute Gasteiger partial charge is 0.147 e. The molecule has 17 heavy (non-hydrogen) atoms. The van der Waals surface area contributed by atoms with Crippen LogP contribution in [0.4, 0.5) is 10.1 Å². The maximum Gasteiger partial charge on any atom is 0.147 e. The molecular weight excluding hydrogens is 281 g/mol. The molecule has 1 rings (SSSR count). The van der Waals surface area contributed by atoms with Crippen LogP contribution in [0.3, 0.4) is 0 Å². The summed E-state index contributed by atoms with van der Waals surface area (Å²) in [6.07, 6.45) is 4.50. The van der Waals surface area contributed by atoms with Crippen LogP contribution in [0, 0.1) is 5.82 Å². The minimum atomic E-state index is -0.133. The molecule has 0 amide bonds. The predicted molar refractivity (Wildman–Crippen MR) is 76.1 cm³/mol. The lowest BCUT2D eigenvalue weighted by molar-refractivity contribution is 0.604. The van der Waals surface area contributed by atoms with Gasteiger partial charge in [0.1, 0.15) is 5.82 Å². The Balaban J connectivity index is 2.79. The van der Waals surface area contributed by atoms with Gasteiger partial charge in [0, 0.05) is 17.6 Å². The zero-order valence-corrected chi connectivity index (χ0v) is 12.3. The van der Waals surface area contributed by atoms with Gasteiger partial charge >= 0.3 is 0 Å². The Kier molecular flexibility index (Phi) is 6.56. The van der Waals surface area contributed by atoms with Gasteiger partial charge < -0.3 is 4.90 Å². The second-order valence-electron chi connectivity index (χ2n) is 4.29. The number of unbranched alkanes of at least 4 members (excludes halogenated alkanes) is 2. The van der Waals surface area contributed by atoms with E-state index in [1.165, 1.54) is 0 Å². The minimum Gasteiger partial charge on any atom is -0.369 e. The third-order valence-corrected chi connectivity index (χ3v) is 3.31. The van der Waals surface area contributed by atoms with Crippen LogP contribution in [0.15, 0.2) is 22.7 Å². The standard InChI is InChI=1S/C14H21BrFN/c1-3-5-9-17(10-6-4-2)14-8-7-12(15)11-13(14)16/h7-8,11H,3-6,9-10H2,1-2H3. The van der Waals surface area contributed by atoms with Crippen LogP contribution in [-0.2, 0) is 0 Å². The second kappa shape index (κ2) is 7.70. The van der Waals surface area contributed by atoms with Gasteiger partial charge in [-0.3, -0.25) is 0 Å². The van der Waals surface area contributed by atoms with E-state index in [0.717, 1.165) is 48.9 Å². The summed E-state index contributed by atoms with van der Waals surface area (Å²) in [7, 11) is 0. The van der Waals surface area contributed by atoms with Crippen LogP contribution >= 0.6 is 15.9 Å². The van der Waals surface area contributed by atoms with Crippen molar-refractivity contribution in [3.05, 3.63) is 28.5 Å². The van der Waals surface area contributed by atoms with Crippen LogP contribution in [-0.4, -0.2) is 13.1 Å². The molecule has 0 atom stereocenters. The lowest BCUT2D eigenvalue weighted by Gasteiger charge is -2.25. The van der Waals surface area contributed by atoms with Crippen molar-refractivity contribution in [3.8, 4) is 0 Å². The van der Waals surface area contributed by atoms with Gasteiger partial charge in [-0.2, -0.15) is 0 Å². The van der Waals surface area contributed by atoms with Crippen LogP contribution < -0.4 is 4.90 Å². The molecule has 0 unspecified atom stereocenters. The number of hydrogen-bond donors (Lipinski definition) is 0. The molecule has 0 aliphatic heterocycles. The normalized spacial score (nSPS) is 10.6. The van der Waals surface area contributed by atoms with Crippen LogP contribution in [0.1, 0.15) is 39.5 Å². The van der Waals surface area contributed by atoms with E-state index < -0.39 is 0 Å². The SMILES string of the molecule is CCCCN(CCCC)c1ccc(Br)cc1F. The summed E-state index contributed by atoms with van der Waals surface area (Å²) in [5, 5.41) is 0. The Morgan fingerprint density at radius 3 is 2.18 bits per heavy atom. The van der Waals surface area contributed by atoms with Crippen LogP contribution in [0.5, 0.6) is 0 Å². The predicted octanol–water partition coefficient (Wildman–Crippen LogP) is 4.99. The minimum absolute atomic E-state index is 0.133. The van der Waals surface area contributed by atoms with Gasteiger partial charge in [0.05, 0.1) is 5.69 Å². The lowest BCUT2D eigenvalue weighted by Crippen LogP contribution is -2.26. The highest BCUT2D eigenvalue weighted by Gasteiger charge is 2.10. The fourth-order valence-corrected chi connectivity index (χ4v) is 2.12. The molecule has 1 nitrogen and oxygen atoms in total. The number of anilines is 1. The summed E-state index contributed by atoms with van der Waals surface area (Å²) in [6, 6.07) is 5.31. The molecule has 0 aliphatic carbocycles. The molecule has 0 saturated carbocycles. The average molecular weight is 302 g/mol. The van der Waals surface area contributed by atoms with Crippen molar-refractivity contribution >= 4 is 21.6 Å². The summed E-state index contributed by atoms with van der Waals surface area (Å²) < 4.78 is 14.7. The van der Waals surface area contributed by atoms with Gasteiger partial charge in [0.25, 0.3) is 0 Å². The fourth-order valence-electron chi connectivity index (χ4n) is 1.79. The molecule has 0 saturated heterocycles. The molecule has 0 fully saturated rings. The number of benzene rings is 1. The molecule has 0 radical (unpaired) electrons. The van der Waals surface area contributed by atoms with Crippen LogP contribution in [0.2, 0.25) is 0 Å². The van der Waals surface area contributed by atoms with E-state index >= 15 is 0 Å². The third-order valence-electron chi connectivity index (χ3n) is 2.81. The van der Waals surface area contributed by atoms with Crippen molar-refractivity contribution in [2.75, 3.05) is 18.0 Å². The zero-order valence-electron chi connectivity index (χ0n) is 10.7. The Hall–Kier alpha value is -0.570. The third kappa shape index (κ3) is 4.66. The van der Waals surface area contributed by atoms with Crippen molar-refractivity contribution in [1.29, 1.82) is 0 Å². The van der Waals surface area contributed by atoms with E-state index in [1.807, 2.05) is 12.1 Å². The first kappa shape index (κ1) is 14.5. The summed E-state index contributed by atoms with van der Waals surface area (Å²) in [5.74, 6) is -0.133. The summed E-state index contributed by atoms with van der Waals surface area (Å²) in [5.41, 5.74) is 0.732. The first-order valence-electron chi connectivity index (χ1n) is 6.39. The lowest BCUT2D eigenvalue weighted by atomic mass is 10.2. The van der Waals surface area contributed by atoms with Crippen molar-refractivity contribution in [2.45, 2.75) is 39.5 Å². The van der Waals surface area contributed by atoms with Gasteiger partial charge in [0.15, 0.2) is 0 Å². The average Bonchev–Trinajstić information content (AvgIpc) is 2.30. The zero-order chi connectivity index (χ0) is 12.7. The Bertz CT molecular complexity index is 333. The number of hydrogen-bond acceptors (Lipinski definition) is 1. The molecule has 1 aromatic carbocycles. The molecule has 0 heterocycles. The van der Waals surface area contributed by atoms with Gasteiger partial charge in [-0.15, -0.1) is 0 Å². The van der Waals surface area contributed by atoms with Crippen LogP contribution in [0.25, 0.3) is 0 Å². The maximum atomic E-state index is 13.9. The van der Waals surface area contributed by atoms with Crippen molar-refractivity contribution in [3.63, 3.8) is 0 Å². The Morgan fingerprint density at radius 2 is 1.71 bits per heavy atom. The van der Waals surface area contributed by atoms with Crippen molar-refractivity contribution in [1.82, 2.24) is 0 Å². The van der Waals surface area contributed by atoms with E-state index in [1.54, 1.807) is 6.07 Å². The number of rotatable bonds is 7. The molecule has 3 heteroatoms. The number of halogens is 2. The van der Waals surface area contributed by atoms with Gasteiger partial charge in [-0.25, -0.2) is 4.39 Å². The van der Waals surface area contributed by atoms with E-state index in [-0.39, 0.29) is 5.82 Å². The highest BCUT2D eigenvalue weighted by molar-refractivity contribution is 9.10. The quantitative estimate of drug-likeness (QED) is 0.685. The van der Waals surface area contributed by atoms with Gasteiger partial charge in [-0.05, 0) is 31.0 Å². The first-order valence-corrected chi connectivity index (χ1v) is 7.18. The first-order chi connectivity index (χ1) is 8.19. The molecule has 0 N–H and O–H groups in total. The Morgan fingerprint density at radius 1 is 1.12 bits per heavy atom. The largest absolute Gasteiger partial charge is 0.369 e. The summed E-state index contributed by atoms with van der Waals surface area (Å²) >= 11 is 3.29. The van der Waals surface area contributed by atoms with Crippen molar-refractivity contribution in [2.24, 2.45) is 0 Å². The van der Waals surface area contributed by atoms with Crippen molar-refractivity contribution < 1.29 is 4.39 Å².